The largest absolute Gasteiger partial charge is 0.454 e. The van der Waals surface area contributed by atoms with Crippen LogP contribution in [0.1, 0.15) is 10.4 Å². The van der Waals surface area contributed by atoms with Crippen LogP contribution in [0.25, 0.3) is 0 Å². The first-order chi connectivity index (χ1) is 11.8. The van der Waals surface area contributed by atoms with Crippen LogP contribution in [0.4, 0.5) is 5.69 Å². The molecule has 0 spiro atoms. The number of esters is 1. The maximum absolute atomic E-state index is 11.7. The summed E-state index contributed by atoms with van der Waals surface area (Å²) in [6.45, 7) is -1.01. The second-order valence-corrected chi connectivity index (χ2v) is 4.89. The van der Waals surface area contributed by atoms with Gasteiger partial charge in [-0.15, -0.1) is 0 Å². The number of rotatable bonds is 6. The molecule has 1 aromatic heterocycles. The number of aromatic amines is 1. The molecule has 0 aliphatic carbocycles. The number of anilines is 1. The number of carbonyl (C=O) groups excluding carboxylic acids is 3. The summed E-state index contributed by atoms with van der Waals surface area (Å²) in [5.41, 5.74) is 4.43. The maximum Gasteiger partial charge on any atom is 0.328 e. The van der Waals surface area contributed by atoms with Crippen LogP contribution in [-0.2, 0) is 20.9 Å². The molecule has 0 aliphatic heterocycles. The molecule has 10 heteroatoms. The van der Waals surface area contributed by atoms with Gasteiger partial charge in [-0.25, -0.2) is 4.79 Å². The van der Waals surface area contributed by atoms with Gasteiger partial charge in [0.2, 0.25) is 5.91 Å². The highest BCUT2D eigenvalue weighted by atomic mass is 16.5. The number of hydrogen-bond donors (Lipinski definition) is 3. The van der Waals surface area contributed by atoms with Gasteiger partial charge in [0.15, 0.2) is 6.61 Å². The molecule has 0 aliphatic rings. The Kier molecular flexibility index (Phi) is 5.46. The van der Waals surface area contributed by atoms with E-state index in [0.717, 1.165) is 16.8 Å². The summed E-state index contributed by atoms with van der Waals surface area (Å²) >= 11 is 0. The molecule has 2 rings (SSSR count). The number of nitrogens with zero attached hydrogens (tertiary/aromatic N) is 1. The summed E-state index contributed by atoms with van der Waals surface area (Å²) in [6.07, 6.45) is 1.14. The van der Waals surface area contributed by atoms with Crippen LogP contribution in [0.3, 0.4) is 0 Å². The predicted molar refractivity (Wildman–Crippen MR) is 85.9 cm³/mol. The molecular formula is C15H14N4O6. The Morgan fingerprint density at radius 2 is 1.80 bits per heavy atom. The third-order valence-electron chi connectivity index (χ3n) is 3.01. The van der Waals surface area contributed by atoms with E-state index in [4.69, 9.17) is 10.5 Å². The van der Waals surface area contributed by atoms with Crippen LogP contribution >= 0.6 is 0 Å². The smallest absolute Gasteiger partial charge is 0.328 e. The molecule has 1 aromatic carbocycles. The lowest BCUT2D eigenvalue weighted by Crippen LogP contribution is -2.32. The minimum absolute atomic E-state index is 0.288. The van der Waals surface area contributed by atoms with Gasteiger partial charge < -0.3 is 15.8 Å². The van der Waals surface area contributed by atoms with E-state index < -0.39 is 42.2 Å². The Morgan fingerprint density at radius 1 is 1.12 bits per heavy atom. The normalized spacial score (nSPS) is 10.1. The molecule has 10 nitrogen and oxygen atoms in total. The molecule has 0 atom stereocenters. The molecular weight excluding hydrogens is 332 g/mol. The molecule has 2 aromatic rings. The van der Waals surface area contributed by atoms with E-state index in [0.29, 0.717) is 5.69 Å². The summed E-state index contributed by atoms with van der Waals surface area (Å²) < 4.78 is 5.69. The third kappa shape index (κ3) is 5.16. The van der Waals surface area contributed by atoms with Crippen LogP contribution in [-0.4, -0.2) is 33.9 Å². The van der Waals surface area contributed by atoms with Crippen molar-refractivity contribution in [2.75, 3.05) is 11.9 Å². The van der Waals surface area contributed by atoms with Gasteiger partial charge in [-0.3, -0.25) is 28.7 Å². The number of H-pyrrole nitrogens is 1. The van der Waals surface area contributed by atoms with Gasteiger partial charge in [-0.1, -0.05) is 0 Å². The summed E-state index contributed by atoms with van der Waals surface area (Å²) in [5, 5.41) is 2.46. The predicted octanol–water partition coefficient (Wildman–Crippen LogP) is -1.18. The minimum atomic E-state index is -0.826. The number of benzene rings is 1. The number of aromatic nitrogens is 2. The Labute approximate surface area is 140 Å². The number of primary amides is 1. The molecule has 0 saturated heterocycles. The fraction of sp³-hybridized carbons (Fsp3) is 0.133. The number of hydrogen-bond acceptors (Lipinski definition) is 6. The van der Waals surface area contributed by atoms with Crippen LogP contribution in [0.5, 0.6) is 0 Å². The topological polar surface area (TPSA) is 153 Å². The van der Waals surface area contributed by atoms with Gasteiger partial charge in [-0.05, 0) is 24.3 Å². The van der Waals surface area contributed by atoms with Gasteiger partial charge in [0.25, 0.3) is 11.5 Å². The zero-order valence-corrected chi connectivity index (χ0v) is 12.9. The molecule has 2 amide bonds. The molecule has 0 saturated carbocycles. The standard InChI is InChI=1S/C15H14N4O6/c16-14(23)9-1-3-10(4-2-9)17-12(21)8-25-13(22)7-19-6-5-11(20)18-15(19)24/h1-6H,7-8H2,(H2,16,23)(H,17,21)(H,18,20,24). The quantitative estimate of drug-likeness (QED) is 0.559. The van der Waals surface area contributed by atoms with E-state index in [2.05, 4.69) is 5.32 Å². The Morgan fingerprint density at radius 3 is 2.40 bits per heavy atom. The fourth-order valence-corrected chi connectivity index (χ4v) is 1.81. The van der Waals surface area contributed by atoms with Gasteiger partial charge in [0, 0.05) is 23.5 Å². The number of ether oxygens (including phenoxy) is 1. The molecule has 0 bridgehead atoms. The summed E-state index contributed by atoms with van der Waals surface area (Å²) in [7, 11) is 0. The molecule has 130 valence electrons. The Bertz CT molecular complexity index is 913. The lowest BCUT2D eigenvalue weighted by atomic mass is 10.2. The summed E-state index contributed by atoms with van der Waals surface area (Å²) in [4.78, 5) is 58.6. The van der Waals surface area contributed by atoms with Gasteiger partial charge >= 0.3 is 11.7 Å². The molecule has 4 N–H and O–H groups in total. The van der Waals surface area contributed by atoms with Gasteiger partial charge in [0.1, 0.15) is 6.54 Å². The highest BCUT2D eigenvalue weighted by Crippen LogP contribution is 2.08. The van der Waals surface area contributed by atoms with E-state index in [1.165, 1.54) is 24.3 Å². The summed E-state index contributed by atoms with van der Waals surface area (Å²) in [5.74, 6) is -2.02. The fourth-order valence-electron chi connectivity index (χ4n) is 1.81. The lowest BCUT2D eigenvalue weighted by Gasteiger charge is -2.08. The number of amides is 2. The van der Waals surface area contributed by atoms with Crippen LogP contribution < -0.4 is 22.3 Å². The van der Waals surface area contributed by atoms with Crippen molar-refractivity contribution in [1.82, 2.24) is 9.55 Å². The van der Waals surface area contributed by atoms with Crippen molar-refractivity contribution in [3.8, 4) is 0 Å². The zero-order valence-electron chi connectivity index (χ0n) is 12.9. The molecule has 1 heterocycles. The second kappa shape index (κ2) is 7.73. The first-order valence-corrected chi connectivity index (χ1v) is 7.00. The van der Waals surface area contributed by atoms with E-state index in [9.17, 15) is 24.0 Å². The maximum atomic E-state index is 11.7. The summed E-state index contributed by atoms with van der Waals surface area (Å²) in [6, 6.07) is 6.90. The zero-order chi connectivity index (χ0) is 18.4. The van der Waals surface area contributed by atoms with Crippen molar-refractivity contribution in [3.05, 3.63) is 62.9 Å². The Balaban J connectivity index is 1.84. The van der Waals surface area contributed by atoms with Crippen LogP contribution in [0.2, 0.25) is 0 Å². The number of nitrogens with two attached hydrogens (primary N) is 1. The van der Waals surface area contributed by atoms with E-state index in [1.54, 1.807) is 0 Å². The molecule has 0 fully saturated rings. The van der Waals surface area contributed by atoms with Gasteiger partial charge in [-0.2, -0.15) is 0 Å². The SMILES string of the molecule is NC(=O)c1ccc(NC(=O)COC(=O)Cn2ccc(=O)[nH]c2=O)cc1. The lowest BCUT2D eigenvalue weighted by molar-refractivity contribution is -0.148. The van der Waals surface area contributed by atoms with E-state index in [-0.39, 0.29) is 5.56 Å². The van der Waals surface area contributed by atoms with Crippen LogP contribution in [0, 0.1) is 0 Å². The number of carbonyl (C=O) groups is 3. The number of nitrogens with one attached hydrogen (secondary N) is 2. The van der Waals surface area contributed by atoms with Crippen molar-refractivity contribution in [2.24, 2.45) is 5.73 Å². The highest BCUT2D eigenvalue weighted by molar-refractivity contribution is 5.95. The van der Waals surface area contributed by atoms with Crippen molar-refractivity contribution in [1.29, 1.82) is 0 Å². The van der Waals surface area contributed by atoms with E-state index in [1.807, 2.05) is 4.98 Å². The monoisotopic (exact) mass is 346 g/mol. The second-order valence-electron chi connectivity index (χ2n) is 4.89. The average Bonchev–Trinajstić information content (AvgIpc) is 2.56. The van der Waals surface area contributed by atoms with Crippen molar-refractivity contribution >= 4 is 23.5 Å². The Hall–Kier alpha value is -3.69. The third-order valence-corrected chi connectivity index (χ3v) is 3.01. The molecule has 0 radical (unpaired) electrons. The molecule has 25 heavy (non-hydrogen) atoms. The van der Waals surface area contributed by atoms with E-state index >= 15 is 0 Å². The van der Waals surface area contributed by atoms with Crippen LogP contribution in [0.15, 0.2) is 46.1 Å². The van der Waals surface area contributed by atoms with Crippen molar-refractivity contribution in [2.45, 2.75) is 6.54 Å². The van der Waals surface area contributed by atoms with Crippen molar-refractivity contribution in [3.63, 3.8) is 0 Å². The van der Waals surface area contributed by atoms with Gasteiger partial charge in [0.05, 0.1) is 0 Å². The minimum Gasteiger partial charge on any atom is -0.454 e. The first kappa shape index (κ1) is 17.7. The average molecular weight is 346 g/mol. The first-order valence-electron chi connectivity index (χ1n) is 7.00. The molecule has 0 unspecified atom stereocenters. The van der Waals surface area contributed by atoms with Crippen molar-refractivity contribution < 1.29 is 19.1 Å². The highest BCUT2D eigenvalue weighted by Gasteiger charge is 2.10.